The van der Waals surface area contributed by atoms with Crippen LogP contribution in [0.3, 0.4) is 0 Å². The molecule has 0 heterocycles. The highest BCUT2D eigenvalue weighted by molar-refractivity contribution is 6.30. The van der Waals surface area contributed by atoms with Gasteiger partial charge in [0.2, 0.25) is 5.91 Å². The fraction of sp³-hybridized carbons (Fsp3) is 0.154. The van der Waals surface area contributed by atoms with Crippen molar-refractivity contribution in [3.63, 3.8) is 0 Å². The van der Waals surface area contributed by atoms with Gasteiger partial charge in [-0.05, 0) is 53.5 Å². The Morgan fingerprint density at radius 1 is 1.03 bits per heavy atom. The van der Waals surface area contributed by atoms with Gasteiger partial charge < -0.3 is 20.5 Å². The summed E-state index contributed by atoms with van der Waals surface area (Å²) in [6.45, 7) is -0.248. The molecule has 0 aromatic heterocycles. The zero-order valence-electron chi connectivity index (χ0n) is 18.2. The van der Waals surface area contributed by atoms with E-state index in [0.29, 0.717) is 22.9 Å². The molecule has 0 saturated heterocycles. The Morgan fingerprint density at radius 3 is 2.42 bits per heavy atom. The summed E-state index contributed by atoms with van der Waals surface area (Å²) in [5.41, 5.74) is 7.92. The molecule has 0 radical (unpaired) electrons. The molecule has 1 atom stereocenters. The smallest absolute Gasteiger partial charge is 0.255 e. The number of carbonyl (C=O) groups is 2. The SMILES string of the molecule is COc1cc(/C=C/C(=O)NC(Cc2ccc(Cl)cc2)c2ccccc2)ccc1OCC(N)=O. The van der Waals surface area contributed by atoms with Gasteiger partial charge in [-0.15, -0.1) is 0 Å². The monoisotopic (exact) mass is 464 g/mol. The van der Waals surface area contributed by atoms with E-state index in [1.807, 2.05) is 54.6 Å². The maximum atomic E-state index is 12.7. The molecule has 33 heavy (non-hydrogen) atoms. The van der Waals surface area contributed by atoms with Gasteiger partial charge in [0.25, 0.3) is 5.91 Å². The average molecular weight is 465 g/mol. The average Bonchev–Trinajstić information content (AvgIpc) is 2.83. The Hall–Kier alpha value is -3.77. The Balaban J connectivity index is 1.71. The van der Waals surface area contributed by atoms with Gasteiger partial charge in [0, 0.05) is 11.1 Å². The number of amides is 2. The minimum atomic E-state index is -0.579. The standard InChI is InChI=1S/C26H25ClN2O4/c1-32-24-16-19(9-13-23(24)33-17-25(28)30)10-14-26(31)29-22(20-5-3-2-4-6-20)15-18-7-11-21(27)12-8-18/h2-14,16,22H,15,17H2,1H3,(H2,28,30)(H,29,31)/b14-10+. The lowest BCUT2D eigenvalue weighted by atomic mass is 9.99. The van der Waals surface area contributed by atoms with Crippen molar-refractivity contribution in [2.45, 2.75) is 12.5 Å². The molecule has 170 valence electrons. The molecule has 0 spiro atoms. The summed E-state index contributed by atoms with van der Waals surface area (Å²) in [7, 11) is 1.49. The van der Waals surface area contributed by atoms with Crippen molar-refractivity contribution < 1.29 is 19.1 Å². The Morgan fingerprint density at radius 2 is 1.76 bits per heavy atom. The van der Waals surface area contributed by atoms with Crippen LogP contribution < -0.4 is 20.5 Å². The molecule has 0 aliphatic carbocycles. The maximum Gasteiger partial charge on any atom is 0.255 e. The number of hydrogen-bond acceptors (Lipinski definition) is 4. The van der Waals surface area contributed by atoms with Crippen LogP contribution in [-0.4, -0.2) is 25.5 Å². The second-order valence-corrected chi connectivity index (χ2v) is 7.74. The van der Waals surface area contributed by atoms with E-state index < -0.39 is 5.91 Å². The van der Waals surface area contributed by atoms with Crippen LogP contribution in [0.2, 0.25) is 5.02 Å². The quantitative estimate of drug-likeness (QED) is 0.437. The molecule has 3 aromatic carbocycles. The first-order valence-corrected chi connectivity index (χ1v) is 10.7. The molecular formula is C26H25ClN2O4. The van der Waals surface area contributed by atoms with Gasteiger partial charge in [-0.1, -0.05) is 60.1 Å². The minimum Gasteiger partial charge on any atom is -0.493 e. The molecule has 0 aliphatic heterocycles. The van der Waals surface area contributed by atoms with Crippen LogP contribution in [0.5, 0.6) is 11.5 Å². The lowest BCUT2D eigenvalue weighted by molar-refractivity contribution is -0.120. The zero-order valence-corrected chi connectivity index (χ0v) is 18.9. The van der Waals surface area contributed by atoms with E-state index in [9.17, 15) is 9.59 Å². The second-order valence-electron chi connectivity index (χ2n) is 7.30. The van der Waals surface area contributed by atoms with Crippen LogP contribution >= 0.6 is 11.6 Å². The van der Waals surface area contributed by atoms with Crippen molar-refractivity contribution in [2.75, 3.05) is 13.7 Å². The third-order valence-corrected chi connectivity index (χ3v) is 5.11. The van der Waals surface area contributed by atoms with Crippen LogP contribution in [0.1, 0.15) is 22.7 Å². The lowest BCUT2D eigenvalue weighted by Gasteiger charge is -2.19. The first-order chi connectivity index (χ1) is 15.9. The Kier molecular flexibility index (Phi) is 8.49. The number of carbonyl (C=O) groups excluding carboxylic acids is 2. The van der Waals surface area contributed by atoms with Crippen LogP contribution in [0.25, 0.3) is 6.08 Å². The summed E-state index contributed by atoms with van der Waals surface area (Å²) in [4.78, 5) is 23.6. The highest BCUT2D eigenvalue weighted by Crippen LogP contribution is 2.28. The van der Waals surface area contributed by atoms with Gasteiger partial charge in [-0.2, -0.15) is 0 Å². The molecule has 3 aromatic rings. The number of nitrogens with one attached hydrogen (secondary N) is 1. The topological polar surface area (TPSA) is 90.7 Å². The van der Waals surface area contributed by atoms with Crippen molar-refractivity contribution in [3.8, 4) is 11.5 Å². The normalized spacial score (nSPS) is 11.7. The van der Waals surface area contributed by atoms with Crippen LogP contribution in [0, 0.1) is 0 Å². The van der Waals surface area contributed by atoms with Gasteiger partial charge in [0.05, 0.1) is 13.2 Å². The molecule has 0 fully saturated rings. The molecule has 1 unspecified atom stereocenters. The summed E-state index contributed by atoms with van der Waals surface area (Å²) in [5.74, 6) is 0.0174. The van der Waals surface area contributed by atoms with Crippen molar-refractivity contribution in [1.82, 2.24) is 5.32 Å². The summed E-state index contributed by atoms with van der Waals surface area (Å²) >= 11 is 6.00. The lowest BCUT2D eigenvalue weighted by Crippen LogP contribution is -2.28. The molecule has 6 nitrogen and oxygen atoms in total. The molecule has 0 aliphatic rings. The number of ether oxygens (including phenoxy) is 2. The first-order valence-electron chi connectivity index (χ1n) is 10.3. The van der Waals surface area contributed by atoms with E-state index in [0.717, 1.165) is 16.7 Å². The minimum absolute atomic E-state index is 0.205. The van der Waals surface area contributed by atoms with E-state index in [4.69, 9.17) is 26.8 Å². The fourth-order valence-electron chi connectivity index (χ4n) is 3.24. The molecule has 3 rings (SSSR count). The van der Waals surface area contributed by atoms with Crippen LogP contribution in [-0.2, 0) is 16.0 Å². The van der Waals surface area contributed by atoms with Crippen molar-refractivity contribution in [3.05, 3.63) is 101 Å². The molecule has 7 heteroatoms. The van der Waals surface area contributed by atoms with Crippen LogP contribution in [0.4, 0.5) is 0 Å². The Labute approximate surface area is 198 Å². The molecule has 3 N–H and O–H groups in total. The van der Waals surface area contributed by atoms with E-state index in [-0.39, 0.29) is 18.6 Å². The summed E-state index contributed by atoms with van der Waals surface area (Å²) in [6, 6.07) is 22.3. The second kappa shape index (κ2) is 11.7. The van der Waals surface area contributed by atoms with Crippen molar-refractivity contribution >= 4 is 29.5 Å². The fourth-order valence-corrected chi connectivity index (χ4v) is 3.37. The predicted molar refractivity (Wildman–Crippen MR) is 129 cm³/mol. The summed E-state index contributed by atoms with van der Waals surface area (Å²) < 4.78 is 10.6. The molecule has 0 bridgehead atoms. The van der Waals surface area contributed by atoms with E-state index >= 15 is 0 Å². The maximum absolute atomic E-state index is 12.7. The van der Waals surface area contributed by atoms with E-state index in [1.54, 1.807) is 24.3 Å². The van der Waals surface area contributed by atoms with Gasteiger partial charge >= 0.3 is 0 Å². The largest absolute Gasteiger partial charge is 0.493 e. The number of hydrogen-bond donors (Lipinski definition) is 2. The number of primary amides is 1. The third kappa shape index (κ3) is 7.40. The number of halogens is 1. The van der Waals surface area contributed by atoms with E-state index in [2.05, 4.69) is 5.32 Å². The predicted octanol–water partition coefficient (Wildman–Crippen LogP) is 4.33. The van der Waals surface area contributed by atoms with Gasteiger partial charge in [-0.3, -0.25) is 9.59 Å². The third-order valence-electron chi connectivity index (χ3n) is 4.86. The molecule has 0 saturated carbocycles. The number of rotatable bonds is 10. The molecular weight excluding hydrogens is 440 g/mol. The first kappa shape index (κ1) is 23.9. The van der Waals surface area contributed by atoms with Gasteiger partial charge in [0.15, 0.2) is 18.1 Å². The van der Waals surface area contributed by atoms with Gasteiger partial charge in [-0.25, -0.2) is 0 Å². The number of methoxy groups -OCH3 is 1. The van der Waals surface area contributed by atoms with Crippen molar-refractivity contribution in [2.24, 2.45) is 5.73 Å². The molecule has 2 amide bonds. The summed E-state index contributed by atoms with van der Waals surface area (Å²) in [5, 5.41) is 3.74. The van der Waals surface area contributed by atoms with E-state index in [1.165, 1.54) is 13.2 Å². The Bertz CT molecular complexity index is 1110. The van der Waals surface area contributed by atoms with Gasteiger partial charge in [0.1, 0.15) is 0 Å². The summed E-state index contributed by atoms with van der Waals surface area (Å²) in [6.07, 6.45) is 3.77. The van der Waals surface area contributed by atoms with Crippen LogP contribution in [0.15, 0.2) is 78.9 Å². The highest BCUT2D eigenvalue weighted by Gasteiger charge is 2.14. The zero-order chi connectivity index (χ0) is 23.6. The number of nitrogens with two attached hydrogens (primary N) is 1. The highest BCUT2D eigenvalue weighted by atomic mass is 35.5. The number of benzene rings is 3. The van der Waals surface area contributed by atoms with Crippen molar-refractivity contribution in [1.29, 1.82) is 0 Å².